The zero-order chi connectivity index (χ0) is 12.1. The topological polar surface area (TPSA) is 45.0 Å². The Morgan fingerprint density at radius 1 is 1.24 bits per heavy atom. The highest BCUT2D eigenvalue weighted by atomic mass is 15.1. The Balaban J connectivity index is 1.95. The third-order valence-corrected chi connectivity index (χ3v) is 3.18. The van der Waals surface area contributed by atoms with Crippen molar-refractivity contribution in [2.75, 3.05) is 26.7 Å². The molecule has 2 rings (SSSR count). The number of nitrogens with one attached hydrogen (secondary N) is 1. The van der Waals surface area contributed by atoms with Crippen molar-refractivity contribution in [1.82, 2.24) is 9.88 Å². The molecule has 0 atom stereocenters. The normalized spacial score (nSPS) is 11.5. The first kappa shape index (κ1) is 12.1. The van der Waals surface area contributed by atoms with Gasteiger partial charge in [0.25, 0.3) is 0 Å². The molecule has 0 bridgehead atoms. The van der Waals surface area contributed by atoms with Crippen LogP contribution in [0.15, 0.2) is 30.5 Å². The zero-order valence-electron chi connectivity index (χ0n) is 10.4. The van der Waals surface area contributed by atoms with Gasteiger partial charge in [-0.15, -0.1) is 0 Å². The van der Waals surface area contributed by atoms with Crippen LogP contribution < -0.4 is 5.73 Å². The zero-order valence-corrected chi connectivity index (χ0v) is 10.4. The molecule has 17 heavy (non-hydrogen) atoms. The second kappa shape index (κ2) is 5.84. The van der Waals surface area contributed by atoms with Gasteiger partial charge in [-0.05, 0) is 44.6 Å². The Hall–Kier alpha value is -1.32. The van der Waals surface area contributed by atoms with Crippen LogP contribution >= 0.6 is 0 Å². The van der Waals surface area contributed by atoms with E-state index in [1.165, 1.54) is 16.5 Å². The molecular weight excluding hydrogens is 210 g/mol. The first-order valence-corrected chi connectivity index (χ1v) is 6.25. The van der Waals surface area contributed by atoms with Crippen LogP contribution in [-0.4, -0.2) is 36.6 Å². The summed E-state index contributed by atoms with van der Waals surface area (Å²) < 4.78 is 0. The van der Waals surface area contributed by atoms with Crippen molar-refractivity contribution in [2.45, 2.75) is 12.8 Å². The predicted molar refractivity (Wildman–Crippen MR) is 73.2 cm³/mol. The summed E-state index contributed by atoms with van der Waals surface area (Å²) in [4.78, 5) is 5.66. The molecule has 1 aromatic heterocycles. The Kier molecular flexibility index (Phi) is 4.18. The van der Waals surface area contributed by atoms with E-state index in [-0.39, 0.29) is 0 Å². The van der Waals surface area contributed by atoms with Gasteiger partial charge in [0.15, 0.2) is 0 Å². The second-order valence-electron chi connectivity index (χ2n) is 4.56. The number of nitrogens with two attached hydrogens (primary N) is 1. The van der Waals surface area contributed by atoms with E-state index < -0.39 is 0 Å². The number of H-pyrrole nitrogens is 1. The molecule has 0 amide bonds. The van der Waals surface area contributed by atoms with Crippen molar-refractivity contribution in [3.63, 3.8) is 0 Å². The molecule has 3 nitrogen and oxygen atoms in total. The minimum absolute atomic E-state index is 0.775. The number of para-hydroxylation sites is 1. The van der Waals surface area contributed by atoms with Gasteiger partial charge in [-0.1, -0.05) is 18.2 Å². The summed E-state index contributed by atoms with van der Waals surface area (Å²) in [6, 6.07) is 8.46. The van der Waals surface area contributed by atoms with Gasteiger partial charge in [0.05, 0.1) is 0 Å². The highest BCUT2D eigenvalue weighted by Crippen LogP contribution is 2.18. The quantitative estimate of drug-likeness (QED) is 0.798. The molecular formula is C14H21N3. The van der Waals surface area contributed by atoms with Crippen molar-refractivity contribution in [2.24, 2.45) is 5.73 Å². The van der Waals surface area contributed by atoms with Crippen molar-refractivity contribution < 1.29 is 0 Å². The van der Waals surface area contributed by atoms with E-state index in [1.54, 1.807) is 0 Å². The summed E-state index contributed by atoms with van der Waals surface area (Å²) >= 11 is 0. The van der Waals surface area contributed by atoms with E-state index >= 15 is 0 Å². The highest BCUT2D eigenvalue weighted by Gasteiger charge is 2.04. The van der Waals surface area contributed by atoms with Crippen molar-refractivity contribution in [1.29, 1.82) is 0 Å². The summed E-state index contributed by atoms with van der Waals surface area (Å²) in [5.41, 5.74) is 8.14. The number of hydrogen-bond acceptors (Lipinski definition) is 2. The standard InChI is InChI=1S/C14H21N3/c1-17(9-4-8-15)10-7-12-11-16-14-6-3-2-5-13(12)14/h2-3,5-6,11,16H,4,7-10,15H2,1H3. The molecule has 0 radical (unpaired) electrons. The lowest BCUT2D eigenvalue weighted by Gasteiger charge is -2.15. The lowest BCUT2D eigenvalue weighted by atomic mass is 10.1. The lowest BCUT2D eigenvalue weighted by molar-refractivity contribution is 0.336. The Labute approximate surface area is 103 Å². The van der Waals surface area contributed by atoms with E-state index in [9.17, 15) is 0 Å². The van der Waals surface area contributed by atoms with Crippen LogP contribution in [0.25, 0.3) is 10.9 Å². The minimum Gasteiger partial charge on any atom is -0.361 e. The number of aromatic nitrogens is 1. The Bertz CT molecular complexity index is 461. The first-order valence-electron chi connectivity index (χ1n) is 6.25. The fourth-order valence-electron chi connectivity index (χ4n) is 2.12. The fraction of sp³-hybridized carbons (Fsp3) is 0.429. The largest absolute Gasteiger partial charge is 0.361 e. The summed E-state index contributed by atoms with van der Waals surface area (Å²) in [5, 5.41) is 1.35. The monoisotopic (exact) mass is 231 g/mol. The van der Waals surface area contributed by atoms with Crippen molar-refractivity contribution >= 4 is 10.9 Å². The van der Waals surface area contributed by atoms with Crippen LogP contribution in [-0.2, 0) is 6.42 Å². The number of benzene rings is 1. The van der Waals surface area contributed by atoms with Gasteiger partial charge in [-0.25, -0.2) is 0 Å². The van der Waals surface area contributed by atoms with Gasteiger partial charge in [0.1, 0.15) is 0 Å². The van der Waals surface area contributed by atoms with E-state index in [0.717, 1.165) is 32.5 Å². The van der Waals surface area contributed by atoms with Crippen LogP contribution in [0.3, 0.4) is 0 Å². The first-order chi connectivity index (χ1) is 8.31. The van der Waals surface area contributed by atoms with E-state index in [1.807, 2.05) is 0 Å². The number of likely N-dealkylation sites (N-methyl/N-ethyl adjacent to an activating group) is 1. The van der Waals surface area contributed by atoms with Crippen LogP contribution in [0.1, 0.15) is 12.0 Å². The van der Waals surface area contributed by atoms with Gasteiger partial charge < -0.3 is 15.6 Å². The predicted octanol–water partition coefficient (Wildman–Crippen LogP) is 1.99. The maximum atomic E-state index is 5.51. The molecule has 0 spiro atoms. The van der Waals surface area contributed by atoms with E-state index in [2.05, 4.69) is 47.4 Å². The van der Waals surface area contributed by atoms with Crippen LogP contribution in [0.4, 0.5) is 0 Å². The number of aromatic amines is 1. The number of fused-ring (bicyclic) bond motifs is 1. The van der Waals surface area contributed by atoms with Gasteiger partial charge in [-0.3, -0.25) is 0 Å². The summed E-state index contributed by atoms with van der Waals surface area (Å²) in [6.07, 6.45) is 4.29. The molecule has 2 aromatic rings. The summed E-state index contributed by atoms with van der Waals surface area (Å²) in [6.45, 7) is 2.94. The maximum Gasteiger partial charge on any atom is 0.0456 e. The third kappa shape index (κ3) is 3.08. The molecule has 0 aliphatic heterocycles. The molecule has 0 aliphatic carbocycles. The number of hydrogen-bond donors (Lipinski definition) is 2. The third-order valence-electron chi connectivity index (χ3n) is 3.18. The lowest BCUT2D eigenvalue weighted by Crippen LogP contribution is -2.24. The number of nitrogens with zero attached hydrogens (tertiary/aromatic N) is 1. The second-order valence-corrected chi connectivity index (χ2v) is 4.56. The van der Waals surface area contributed by atoms with Gasteiger partial charge in [0.2, 0.25) is 0 Å². The Morgan fingerprint density at radius 2 is 2.06 bits per heavy atom. The number of rotatable bonds is 6. The van der Waals surface area contributed by atoms with E-state index in [4.69, 9.17) is 5.73 Å². The molecule has 3 N–H and O–H groups in total. The molecule has 0 saturated heterocycles. The minimum atomic E-state index is 0.775. The SMILES string of the molecule is CN(CCCN)CCc1c[nH]c2ccccc12. The molecule has 0 unspecified atom stereocenters. The fourth-order valence-corrected chi connectivity index (χ4v) is 2.12. The maximum absolute atomic E-state index is 5.51. The molecule has 0 saturated carbocycles. The van der Waals surface area contributed by atoms with Gasteiger partial charge in [0, 0.05) is 23.6 Å². The average molecular weight is 231 g/mol. The van der Waals surface area contributed by atoms with E-state index in [0.29, 0.717) is 0 Å². The molecule has 1 aromatic carbocycles. The van der Waals surface area contributed by atoms with Crippen molar-refractivity contribution in [3.8, 4) is 0 Å². The smallest absolute Gasteiger partial charge is 0.0456 e. The molecule has 1 heterocycles. The van der Waals surface area contributed by atoms with Gasteiger partial charge >= 0.3 is 0 Å². The molecule has 0 aliphatic rings. The molecule has 0 fully saturated rings. The molecule has 3 heteroatoms. The summed E-state index contributed by atoms with van der Waals surface area (Å²) in [7, 11) is 2.16. The Morgan fingerprint density at radius 3 is 2.88 bits per heavy atom. The van der Waals surface area contributed by atoms with Gasteiger partial charge in [-0.2, -0.15) is 0 Å². The molecule has 92 valence electrons. The average Bonchev–Trinajstić information content (AvgIpc) is 2.77. The van der Waals surface area contributed by atoms with Crippen LogP contribution in [0.2, 0.25) is 0 Å². The summed E-state index contributed by atoms with van der Waals surface area (Å²) in [5.74, 6) is 0. The highest BCUT2D eigenvalue weighted by molar-refractivity contribution is 5.83. The van der Waals surface area contributed by atoms with Crippen LogP contribution in [0.5, 0.6) is 0 Å². The van der Waals surface area contributed by atoms with Crippen LogP contribution in [0, 0.1) is 0 Å². The van der Waals surface area contributed by atoms with Crippen molar-refractivity contribution in [3.05, 3.63) is 36.0 Å².